The number of thiazole rings is 1. The predicted molar refractivity (Wildman–Crippen MR) is 87.9 cm³/mol. The standard InChI is InChI=1S/C14H15IN2OS/c1-14(2,3)11-8-19-13(16-11)17-12(18)9-6-4-5-7-10(9)15/h4-8H,1-3H3,(H,16,17,18). The number of aromatic nitrogens is 1. The summed E-state index contributed by atoms with van der Waals surface area (Å²) in [6.07, 6.45) is 0. The number of carbonyl (C=O) groups excluding carboxylic acids is 1. The number of halogens is 1. The van der Waals surface area contributed by atoms with Crippen molar-refractivity contribution in [3.8, 4) is 0 Å². The SMILES string of the molecule is CC(C)(C)c1csc(NC(=O)c2ccccc2I)n1. The van der Waals surface area contributed by atoms with E-state index in [1.807, 2.05) is 29.6 Å². The second-order valence-electron chi connectivity index (χ2n) is 5.22. The Morgan fingerprint density at radius 1 is 1.32 bits per heavy atom. The van der Waals surface area contributed by atoms with Crippen LogP contribution < -0.4 is 5.32 Å². The first-order valence-corrected chi connectivity index (χ1v) is 7.85. The second-order valence-corrected chi connectivity index (χ2v) is 7.24. The van der Waals surface area contributed by atoms with Crippen molar-refractivity contribution in [2.45, 2.75) is 26.2 Å². The molecule has 0 atom stereocenters. The van der Waals surface area contributed by atoms with Gasteiger partial charge in [-0.2, -0.15) is 0 Å². The molecular formula is C14H15IN2OS. The van der Waals surface area contributed by atoms with E-state index in [9.17, 15) is 4.79 Å². The highest BCUT2D eigenvalue weighted by molar-refractivity contribution is 14.1. The molecule has 0 aliphatic rings. The maximum Gasteiger partial charge on any atom is 0.258 e. The number of hydrogen-bond acceptors (Lipinski definition) is 3. The van der Waals surface area contributed by atoms with Gasteiger partial charge < -0.3 is 0 Å². The molecule has 1 N–H and O–H groups in total. The molecule has 5 heteroatoms. The summed E-state index contributed by atoms with van der Waals surface area (Å²) in [6.45, 7) is 6.31. The van der Waals surface area contributed by atoms with E-state index in [1.54, 1.807) is 0 Å². The van der Waals surface area contributed by atoms with Crippen LogP contribution in [0.4, 0.5) is 5.13 Å². The van der Waals surface area contributed by atoms with Crippen molar-refractivity contribution in [3.05, 3.63) is 44.5 Å². The Balaban J connectivity index is 2.16. The molecule has 0 radical (unpaired) electrons. The number of carbonyl (C=O) groups is 1. The van der Waals surface area contributed by atoms with Gasteiger partial charge in [-0.3, -0.25) is 10.1 Å². The van der Waals surface area contributed by atoms with Gasteiger partial charge in [0.05, 0.1) is 11.3 Å². The van der Waals surface area contributed by atoms with E-state index in [0.29, 0.717) is 10.7 Å². The third-order valence-electron chi connectivity index (χ3n) is 2.61. The Kier molecular flexibility index (Phi) is 4.25. The molecule has 0 aliphatic carbocycles. The highest BCUT2D eigenvalue weighted by Gasteiger charge is 2.18. The lowest BCUT2D eigenvalue weighted by atomic mass is 9.93. The number of rotatable bonds is 2. The summed E-state index contributed by atoms with van der Waals surface area (Å²) < 4.78 is 0.935. The van der Waals surface area contributed by atoms with Gasteiger partial charge in [-0.15, -0.1) is 11.3 Å². The van der Waals surface area contributed by atoms with Crippen LogP contribution in [0, 0.1) is 3.57 Å². The van der Waals surface area contributed by atoms with Crippen LogP contribution in [0.25, 0.3) is 0 Å². The van der Waals surface area contributed by atoms with Gasteiger partial charge in [0.1, 0.15) is 0 Å². The zero-order valence-electron chi connectivity index (χ0n) is 11.0. The highest BCUT2D eigenvalue weighted by Crippen LogP contribution is 2.26. The summed E-state index contributed by atoms with van der Waals surface area (Å²) in [5.74, 6) is -0.111. The minimum absolute atomic E-state index is 0.000643. The van der Waals surface area contributed by atoms with Crippen molar-refractivity contribution >= 4 is 45.0 Å². The fourth-order valence-corrected chi connectivity index (χ4v) is 3.05. The molecule has 2 aromatic rings. The largest absolute Gasteiger partial charge is 0.298 e. The second kappa shape index (κ2) is 5.58. The Labute approximate surface area is 130 Å². The molecule has 2 rings (SSSR count). The third-order valence-corrected chi connectivity index (χ3v) is 4.31. The quantitative estimate of drug-likeness (QED) is 0.783. The molecule has 0 bridgehead atoms. The van der Waals surface area contributed by atoms with Crippen LogP contribution in [0.1, 0.15) is 36.8 Å². The molecule has 0 saturated heterocycles. The molecule has 0 aliphatic heterocycles. The van der Waals surface area contributed by atoms with Gasteiger partial charge in [0.15, 0.2) is 5.13 Å². The zero-order valence-corrected chi connectivity index (χ0v) is 14.0. The normalized spacial score (nSPS) is 11.4. The first-order chi connectivity index (χ1) is 8.88. The van der Waals surface area contributed by atoms with Crippen LogP contribution in [-0.2, 0) is 5.41 Å². The number of nitrogens with one attached hydrogen (secondary N) is 1. The van der Waals surface area contributed by atoms with Gasteiger partial charge >= 0.3 is 0 Å². The van der Waals surface area contributed by atoms with Gasteiger partial charge in [-0.1, -0.05) is 32.9 Å². The first kappa shape index (κ1) is 14.5. The minimum Gasteiger partial charge on any atom is -0.298 e. The summed E-state index contributed by atoms with van der Waals surface area (Å²) in [5, 5.41) is 5.49. The number of anilines is 1. The fraction of sp³-hybridized carbons (Fsp3) is 0.286. The van der Waals surface area contributed by atoms with E-state index in [2.05, 4.69) is 53.7 Å². The molecule has 0 fully saturated rings. The number of nitrogens with zero attached hydrogens (tertiary/aromatic N) is 1. The summed E-state index contributed by atoms with van der Waals surface area (Å²) in [4.78, 5) is 16.6. The van der Waals surface area contributed by atoms with Crippen molar-refractivity contribution in [2.75, 3.05) is 5.32 Å². The van der Waals surface area contributed by atoms with Crippen molar-refractivity contribution in [3.63, 3.8) is 0 Å². The Morgan fingerprint density at radius 2 is 2.00 bits per heavy atom. The highest BCUT2D eigenvalue weighted by atomic mass is 127. The molecule has 1 aromatic carbocycles. The van der Waals surface area contributed by atoms with Crippen LogP contribution >= 0.6 is 33.9 Å². The van der Waals surface area contributed by atoms with E-state index in [0.717, 1.165) is 9.26 Å². The van der Waals surface area contributed by atoms with E-state index in [1.165, 1.54) is 11.3 Å². The lowest BCUT2D eigenvalue weighted by Gasteiger charge is -2.14. The monoisotopic (exact) mass is 386 g/mol. The summed E-state index contributed by atoms with van der Waals surface area (Å²) >= 11 is 3.62. The lowest BCUT2D eigenvalue weighted by molar-refractivity contribution is 0.102. The van der Waals surface area contributed by atoms with E-state index in [4.69, 9.17) is 0 Å². The van der Waals surface area contributed by atoms with Crippen molar-refractivity contribution in [1.29, 1.82) is 0 Å². The molecule has 0 spiro atoms. The Morgan fingerprint density at radius 3 is 2.58 bits per heavy atom. The molecule has 1 aromatic heterocycles. The first-order valence-electron chi connectivity index (χ1n) is 5.90. The van der Waals surface area contributed by atoms with Gasteiger partial charge in [0, 0.05) is 14.4 Å². The fourth-order valence-electron chi connectivity index (χ4n) is 1.49. The summed E-state index contributed by atoms with van der Waals surface area (Å²) in [7, 11) is 0. The Bertz CT molecular complexity index is 601. The van der Waals surface area contributed by atoms with Crippen LogP contribution in [0.3, 0.4) is 0 Å². The number of hydrogen-bond donors (Lipinski definition) is 1. The maximum absolute atomic E-state index is 12.1. The van der Waals surface area contributed by atoms with Crippen LogP contribution in [-0.4, -0.2) is 10.9 Å². The molecule has 1 heterocycles. The van der Waals surface area contributed by atoms with Gasteiger partial charge in [-0.05, 0) is 34.7 Å². The molecule has 100 valence electrons. The van der Waals surface area contributed by atoms with Crippen LogP contribution in [0.15, 0.2) is 29.6 Å². The molecular weight excluding hydrogens is 371 g/mol. The predicted octanol–water partition coefficient (Wildman–Crippen LogP) is 4.30. The maximum atomic E-state index is 12.1. The van der Waals surface area contributed by atoms with Gasteiger partial charge in [-0.25, -0.2) is 4.98 Å². The topological polar surface area (TPSA) is 42.0 Å². The van der Waals surface area contributed by atoms with E-state index in [-0.39, 0.29) is 11.3 Å². The van der Waals surface area contributed by atoms with E-state index >= 15 is 0 Å². The third kappa shape index (κ3) is 3.54. The molecule has 3 nitrogen and oxygen atoms in total. The van der Waals surface area contributed by atoms with Gasteiger partial charge in [0.25, 0.3) is 5.91 Å². The summed E-state index contributed by atoms with van der Waals surface area (Å²) in [6, 6.07) is 7.51. The van der Waals surface area contributed by atoms with Crippen LogP contribution in [0.5, 0.6) is 0 Å². The van der Waals surface area contributed by atoms with Crippen LogP contribution in [0.2, 0.25) is 0 Å². The molecule has 1 amide bonds. The number of benzene rings is 1. The van der Waals surface area contributed by atoms with Crippen molar-refractivity contribution < 1.29 is 4.79 Å². The molecule has 0 saturated carbocycles. The molecule has 19 heavy (non-hydrogen) atoms. The Hall–Kier alpha value is -0.950. The smallest absolute Gasteiger partial charge is 0.258 e. The average molecular weight is 386 g/mol. The minimum atomic E-state index is -0.111. The zero-order chi connectivity index (χ0) is 14.0. The lowest BCUT2D eigenvalue weighted by Crippen LogP contribution is -2.15. The summed E-state index contributed by atoms with van der Waals surface area (Å²) in [5.41, 5.74) is 1.67. The average Bonchev–Trinajstić information content (AvgIpc) is 2.77. The molecule has 0 unspecified atom stereocenters. The number of amides is 1. The van der Waals surface area contributed by atoms with E-state index < -0.39 is 0 Å². The van der Waals surface area contributed by atoms with Crippen molar-refractivity contribution in [1.82, 2.24) is 4.98 Å². The van der Waals surface area contributed by atoms with Gasteiger partial charge in [0.2, 0.25) is 0 Å². The van der Waals surface area contributed by atoms with Crippen molar-refractivity contribution in [2.24, 2.45) is 0 Å².